The van der Waals surface area contributed by atoms with Gasteiger partial charge in [-0.25, -0.2) is 0 Å². The Kier molecular flexibility index (Phi) is 6.68. The maximum Gasteiger partial charge on any atom is 0.254 e. The second-order valence-electron chi connectivity index (χ2n) is 5.87. The minimum atomic E-state index is -0.296. The highest BCUT2D eigenvalue weighted by Gasteiger charge is 2.06. The molecule has 0 radical (unpaired) electrons. The third kappa shape index (κ3) is 5.59. The SMILES string of the molecule is Cc1ccc(CN=C/C(=C\N)C(=O)NCc2ccc(C(=N)N)cc2)cc1. The zero-order valence-electron chi connectivity index (χ0n) is 14.7. The minimum absolute atomic E-state index is 0.0127. The van der Waals surface area contributed by atoms with Crippen LogP contribution in [0, 0.1) is 12.3 Å². The molecule has 0 heterocycles. The van der Waals surface area contributed by atoms with Gasteiger partial charge in [-0.3, -0.25) is 15.2 Å². The van der Waals surface area contributed by atoms with Gasteiger partial charge in [0.15, 0.2) is 0 Å². The molecule has 6 heteroatoms. The van der Waals surface area contributed by atoms with Crippen LogP contribution in [0.4, 0.5) is 0 Å². The fourth-order valence-corrected chi connectivity index (χ4v) is 2.21. The molecule has 0 atom stereocenters. The highest BCUT2D eigenvalue weighted by atomic mass is 16.1. The van der Waals surface area contributed by atoms with Gasteiger partial charge >= 0.3 is 0 Å². The summed E-state index contributed by atoms with van der Waals surface area (Å²) in [6, 6.07) is 15.2. The lowest BCUT2D eigenvalue weighted by molar-refractivity contribution is -0.117. The van der Waals surface area contributed by atoms with E-state index in [1.54, 1.807) is 12.1 Å². The number of aryl methyl sites for hydroxylation is 1. The molecule has 0 fully saturated rings. The molecule has 26 heavy (non-hydrogen) atoms. The van der Waals surface area contributed by atoms with Crippen molar-refractivity contribution in [3.05, 3.63) is 82.6 Å². The first-order chi connectivity index (χ1) is 12.5. The van der Waals surface area contributed by atoms with Gasteiger partial charge in [0.05, 0.1) is 12.1 Å². The number of nitrogens with one attached hydrogen (secondary N) is 2. The molecule has 0 spiro atoms. The van der Waals surface area contributed by atoms with Crippen molar-refractivity contribution in [3.8, 4) is 0 Å². The number of nitrogens with two attached hydrogens (primary N) is 2. The number of hydrogen-bond acceptors (Lipinski definition) is 4. The number of carbonyl (C=O) groups excluding carboxylic acids is 1. The molecule has 2 aromatic carbocycles. The van der Waals surface area contributed by atoms with E-state index in [0.29, 0.717) is 24.2 Å². The Morgan fingerprint density at radius 2 is 1.73 bits per heavy atom. The van der Waals surface area contributed by atoms with Gasteiger partial charge in [0, 0.05) is 24.5 Å². The van der Waals surface area contributed by atoms with Crippen LogP contribution in [0.15, 0.2) is 65.3 Å². The summed E-state index contributed by atoms with van der Waals surface area (Å²) in [5.74, 6) is -0.283. The predicted octanol–water partition coefficient (Wildman–Crippen LogP) is 2.01. The average Bonchev–Trinajstić information content (AvgIpc) is 2.65. The van der Waals surface area contributed by atoms with Crippen LogP contribution in [0.5, 0.6) is 0 Å². The number of amidine groups is 1. The Labute approximate surface area is 153 Å². The zero-order chi connectivity index (χ0) is 18.9. The molecule has 0 bridgehead atoms. The van der Waals surface area contributed by atoms with E-state index in [0.717, 1.165) is 11.1 Å². The first kappa shape index (κ1) is 18.9. The first-order valence-electron chi connectivity index (χ1n) is 8.18. The summed E-state index contributed by atoms with van der Waals surface area (Å²) in [6.07, 6.45) is 2.72. The van der Waals surface area contributed by atoms with Gasteiger partial charge in [-0.05, 0) is 18.1 Å². The van der Waals surface area contributed by atoms with Gasteiger partial charge in [-0.1, -0.05) is 54.1 Å². The number of nitrogen functional groups attached to an aromatic ring is 1. The summed E-state index contributed by atoms with van der Waals surface area (Å²) in [5, 5.41) is 10.2. The van der Waals surface area contributed by atoms with Crippen LogP contribution in [0.25, 0.3) is 0 Å². The number of benzene rings is 2. The van der Waals surface area contributed by atoms with Crippen molar-refractivity contribution in [3.63, 3.8) is 0 Å². The van der Waals surface area contributed by atoms with E-state index in [2.05, 4.69) is 10.3 Å². The third-order valence-electron chi connectivity index (χ3n) is 3.78. The van der Waals surface area contributed by atoms with Crippen LogP contribution >= 0.6 is 0 Å². The largest absolute Gasteiger partial charge is 0.404 e. The highest BCUT2D eigenvalue weighted by Crippen LogP contribution is 2.05. The summed E-state index contributed by atoms with van der Waals surface area (Å²) in [6.45, 7) is 2.86. The quantitative estimate of drug-likeness (QED) is 0.348. The van der Waals surface area contributed by atoms with Crippen molar-refractivity contribution in [1.29, 1.82) is 5.41 Å². The summed E-state index contributed by atoms with van der Waals surface area (Å²) in [5.41, 5.74) is 15.1. The van der Waals surface area contributed by atoms with Gasteiger partial charge < -0.3 is 16.8 Å². The molecule has 134 valence electrons. The Morgan fingerprint density at radius 3 is 2.31 bits per heavy atom. The molecule has 2 aromatic rings. The standard InChI is InChI=1S/C20H23N5O/c1-14-2-4-15(5-3-14)11-24-13-18(10-21)20(26)25-12-16-6-8-17(9-7-16)19(22)23/h2-10,13H,11-12,21H2,1H3,(H3,22,23)(H,25,26)/b18-10+,24-13?. The Morgan fingerprint density at radius 1 is 1.12 bits per heavy atom. The molecule has 0 unspecified atom stereocenters. The van der Waals surface area contributed by atoms with Gasteiger partial charge in [0.25, 0.3) is 5.91 Å². The van der Waals surface area contributed by atoms with E-state index in [1.807, 2.05) is 43.3 Å². The summed E-state index contributed by atoms with van der Waals surface area (Å²) in [7, 11) is 0. The van der Waals surface area contributed by atoms with E-state index in [-0.39, 0.29) is 11.7 Å². The van der Waals surface area contributed by atoms with Crippen molar-refractivity contribution in [2.45, 2.75) is 20.0 Å². The zero-order valence-corrected chi connectivity index (χ0v) is 14.7. The number of carbonyl (C=O) groups is 1. The van der Waals surface area contributed by atoms with Crippen LogP contribution in [0.2, 0.25) is 0 Å². The lowest BCUT2D eigenvalue weighted by Gasteiger charge is -2.06. The number of rotatable bonds is 7. The fourth-order valence-electron chi connectivity index (χ4n) is 2.21. The molecule has 6 N–H and O–H groups in total. The summed E-state index contributed by atoms with van der Waals surface area (Å²) < 4.78 is 0. The van der Waals surface area contributed by atoms with Crippen molar-refractivity contribution in [1.82, 2.24) is 5.32 Å². The van der Waals surface area contributed by atoms with E-state index >= 15 is 0 Å². The van der Waals surface area contributed by atoms with E-state index < -0.39 is 0 Å². The number of amides is 1. The summed E-state index contributed by atoms with van der Waals surface area (Å²) >= 11 is 0. The Balaban J connectivity index is 1.88. The molecule has 0 aromatic heterocycles. The van der Waals surface area contributed by atoms with Gasteiger partial charge in [0.1, 0.15) is 5.84 Å². The average molecular weight is 349 g/mol. The molecular weight excluding hydrogens is 326 g/mol. The fraction of sp³-hybridized carbons (Fsp3) is 0.150. The van der Waals surface area contributed by atoms with Crippen LogP contribution < -0.4 is 16.8 Å². The predicted molar refractivity (Wildman–Crippen MR) is 105 cm³/mol. The van der Waals surface area contributed by atoms with E-state index in [9.17, 15) is 4.79 Å². The maximum atomic E-state index is 12.2. The molecule has 1 amide bonds. The second kappa shape index (κ2) is 9.17. The first-order valence-corrected chi connectivity index (χ1v) is 8.18. The van der Waals surface area contributed by atoms with E-state index in [4.69, 9.17) is 16.9 Å². The van der Waals surface area contributed by atoms with Gasteiger partial charge in [-0.2, -0.15) is 0 Å². The molecular formula is C20H23N5O. The van der Waals surface area contributed by atoms with Gasteiger partial charge in [0.2, 0.25) is 0 Å². The van der Waals surface area contributed by atoms with Crippen molar-refractivity contribution >= 4 is 18.0 Å². The minimum Gasteiger partial charge on any atom is -0.404 e. The smallest absolute Gasteiger partial charge is 0.254 e. The van der Waals surface area contributed by atoms with Crippen LogP contribution in [0.3, 0.4) is 0 Å². The lowest BCUT2D eigenvalue weighted by atomic mass is 10.1. The van der Waals surface area contributed by atoms with E-state index in [1.165, 1.54) is 18.0 Å². The molecule has 0 aliphatic heterocycles. The third-order valence-corrected chi connectivity index (χ3v) is 3.78. The number of nitrogens with zero attached hydrogens (tertiary/aromatic N) is 1. The number of aliphatic imine (C=N–C) groups is 1. The maximum absolute atomic E-state index is 12.2. The van der Waals surface area contributed by atoms with Crippen LogP contribution in [-0.2, 0) is 17.9 Å². The monoisotopic (exact) mass is 349 g/mol. The van der Waals surface area contributed by atoms with Crippen molar-refractivity contribution < 1.29 is 4.79 Å². The molecule has 2 rings (SSSR count). The molecule has 0 aliphatic rings. The molecule has 0 saturated heterocycles. The van der Waals surface area contributed by atoms with Crippen molar-refractivity contribution in [2.24, 2.45) is 16.5 Å². The Hall–Kier alpha value is -3.41. The number of hydrogen-bond donors (Lipinski definition) is 4. The normalized spacial score (nSPS) is 11.5. The van der Waals surface area contributed by atoms with Gasteiger partial charge in [-0.15, -0.1) is 0 Å². The molecule has 6 nitrogen and oxygen atoms in total. The van der Waals surface area contributed by atoms with Crippen molar-refractivity contribution in [2.75, 3.05) is 0 Å². The molecule has 0 aliphatic carbocycles. The van der Waals surface area contributed by atoms with Crippen LogP contribution in [-0.4, -0.2) is 18.0 Å². The summed E-state index contributed by atoms with van der Waals surface area (Å²) in [4.78, 5) is 16.5. The second-order valence-corrected chi connectivity index (χ2v) is 5.87. The molecule has 0 saturated carbocycles. The lowest BCUT2D eigenvalue weighted by Crippen LogP contribution is -2.25. The van der Waals surface area contributed by atoms with Crippen LogP contribution in [0.1, 0.15) is 22.3 Å². The highest BCUT2D eigenvalue weighted by molar-refractivity contribution is 6.11. The Bertz CT molecular complexity index is 820. The topological polar surface area (TPSA) is 117 Å².